The van der Waals surface area contributed by atoms with Crippen LogP contribution in [0.1, 0.15) is 68.6 Å². The minimum absolute atomic E-state index is 0.0140. The smallest absolute Gasteiger partial charge is 0.221 e. The van der Waals surface area contributed by atoms with Crippen LogP contribution in [0.25, 0.3) is 32.3 Å². The number of rotatable bonds is 8. The van der Waals surface area contributed by atoms with Crippen LogP contribution in [0, 0.1) is 0 Å². The Balaban J connectivity index is 1.12. The predicted octanol–water partition coefficient (Wildman–Crippen LogP) is 9.08. The van der Waals surface area contributed by atoms with Crippen LogP contribution in [-0.4, -0.2) is 43.5 Å². The zero-order valence-electron chi connectivity index (χ0n) is 26.4. The number of amides is 1. The highest BCUT2D eigenvalue weighted by Gasteiger charge is 2.25. The van der Waals surface area contributed by atoms with Crippen molar-refractivity contribution in [1.82, 2.24) is 4.90 Å². The standard InChI is InChI=1S/C40H45N3O/c1-3-4-5-8-21-42-22-24-43(25-23-42)33-15-20-35-32(27-33)14-19-38-34-16-12-31(26-30(34)13-18-39(35)38)37-17-11-29-9-6-7-10-36(29)40(37)41-28(2)44/h6-7,9-11,13-15,17-20,27,31H,3-5,8,12,16,21-26H2,1-2H3,(H,41,44). The largest absolute Gasteiger partial charge is 0.369 e. The molecule has 1 N–H and O–H groups in total. The summed E-state index contributed by atoms with van der Waals surface area (Å²) in [5.41, 5.74) is 6.54. The summed E-state index contributed by atoms with van der Waals surface area (Å²) in [7, 11) is 0. The molecule has 1 amide bonds. The number of unbranched alkanes of at least 4 members (excludes halogenated alkanes) is 3. The number of hydrogen-bond donors (Lipinski definition) is 1. The summed E-state index contributed by atoms with van der Waals surface area (Å²) in [6.07, 6.45) is 8.50. The van der Waals surface area contributed by atoms with Crippen molar-refractivity contribution in [2.45, 2.75) is 64.7 Å². The maximum Gasteiger partial charge on any atom is 0.221 e. The van der Waals surface area contributed by atoms with E-state index in [1.54, 1.807) is 6.92 Å². The molecular formula is C40H45N3O. The molecule has 44 heavy (non-hydrogen) atoms. The molecule has 1 aliphatic carbocycles. The fourth-order valence-corrected chi connectivity index (χ4v) is 7.81. The molecule has 1 fully saturated rings. The highest BCUT2D eigenvalue weighted by molar-refractivity contribution is 6.09. The third-order valence-corrected chi connectivity index (χ3v) is 10.2. The van der Waals surface area contributed by atoms with Gasteiger partial charge in [-0.2, -0.15) is 0 Å². The Morgan fingerprint density at radius 2 is 1.59 bits per heavy atom. The molecule has 7 rings (SSSR count). The Labute approximate surface area is 262 Å². The van der Waals surface area contributed by atoms with E-state index in [0.717, 1.165) is 48.8 Å². The first kappa shape index (κ1) is 28.9. The number of fused-ring (bicyclic) bond motifs is 6. The molecule has 4 nitrogen and oxygen atoms in total. The van der Waals surface area contributed by atoms with Crippen LogP contribution < -0.4 is 10.2 Å². The first-order valence-electron chi connectivity index (χ1n) is 16.8. The van der Waals surface area contributed by atoms with Crippen molar-refractivity contribution < 1.29 is 4.79 Å². The van der Waals surface area contributed by atoms with Crippen LogP contribution in [0.3, 0.4) is 0 Å². The molecule has 1 atom stereocenters. The van der Waals surface area contributed by atoms with Gasteiger partial charge in [-0.3, -0.25) is 9.69 Å². The molecule has 226 valence electrons. The van der Waals surface area contributed by atoms with Crippen LogP contribution in [0.5, 0.6) is 0 Å². The topological polar surface area (TPSA) is 35.6 Å². The number of anilines is 2. The van der Waals surface area contributed by atoms with Gasteiger partial charge in [0, 0.05) is 44.2 Å². The third kappa shape index (κ3) is 5.68. The van der Waals surface area contributed by atoms with Gasteiger partial charge in [0.15, 0.2) is 0 Å². The Hall–Kier alpha value is -3.89. The Kier molecular flexibility index (Phi) is 8.27. The Morgan fingerprint density at radius 3 is 2.43 bits per heavy atom. The van der Waals surface area contributed by atoms with Crippen LogP contribution >= 0.6 is 0 Å². The van der Waals surface area contributed by atoms with E-state index in [1.165, 1.54) is 89.2 Å². The zero-order valence-corrected chi connectivity index (χ0v) is 26.4. The molecule has 0 aromatic heterocycles. The van der Waals surface area contributed by atoms with E-state index in [2.05, 4.69) is 101 Å². The minimum atomic E-state index is -0.0140. The summed E-state index contributed by atoms with van der Waals surface area (Å²) in [6, 6.07) is 29.4. The van der Waals surface area contributed by atoms with Gasteiger partial charge in [-0.05, 0) is 93.9 Å². The van der Waals surface area contributed by atoms with Crippen LogP contribution in [-0.2, 0) is 17.6 Å². The van der Waals surface area contributed by atoms with E-state index in [0.29, 0.717) is 5.92 Å². The van der Waals surface area contributed by atoms with Gasteiger partial charge in [-0.1, -0.05) is 92.9 Å². The highest BCUT2D eigenvalue weighted by atomic mass is 16.1. The minimum Gasteiger partial charge on any atom is -0.369 e. The van der Waals surface area contributed by atoms with Crippen molar-refractivity contribution in [3.05, 3.63) is 95.6 Å². The second-order valence-corrected chi connectivity index (χ2v) is 13.0. The molecule has 0 radical (unpaired) electrons. The quantitative estimate of drug-likeness (QED) is 0.146. The number of carbonyl (C=O) groups is 1. The van der Waals surface area contributed by atoms with Gasteiger partial charge in [-0.15, -0.1) is 0 Å². The number of aryl methyl sites for hydroxylation is 1. The normalized spacial score (nSPS) is 17.3. The average Bonchev–Trinajstić information content (AvgIpc) is 3.06. The van der Waals surface area contributed by atoms with Crippen molar-refractivity contribution in [2.75, 3.05) is 42.9 Å². The molecular weight excluding hydrogens is 538 g/mol. The molecule has 2 aliphatic rings. The lowest BCUT2D eigenvalue weighted by Crippen LogP contribution is -2.46. The Morgan fingerprint density at radius 1 is 0.795 bits per heavy atom. The lowest BCUT2D eigenvalue weighted by atomic mass is 9.77. The van der Waals surface area contributed by atoms with Gasteiger partial charge in [0.2, 0.25) is 5.91 Å². The molecule has 1 saturated heterocycles. The molecule has 5 aromatic carbocycles. The van der Waals surface area contributed by atoms with Gasteiger partial charge in [0.25, 0.3) is 0 Å². The van der Waals surface area contributed by atoms with Gasteiger partial charge in [0.1, 0.15) is 0 Å². The number of benzene rings is 5. The molecule has 0 spiro atoms. The van der Waals surface area contributed by atoms with E-state index < -0.39 is 0 Å². The number of nitrogens with zero attached hydrogens (tertiary/aromatic N) is 2. The van der Waals surface area contributed by atoms with Gasteiger partial charge in [-0.25, -0.2) is 0 Å². The molecule has 4 heteroatoms. The van der Waals surface area contributed by atoms with E-state index >= 15 is 0 Å². The first-order chi connectivity index (χ1) is 21.6. The van der Waals surface area contributed by atoms with E-state index in [1.807, 2.05) is 0 Å². The second kappa shape index (κ2) is 12.6. The van der Waals surface area contributed by atoms with Crippen molar-refractivity contribution in [1.29, 1.82) is 0 Å². The predicted molar refractivity (Wildman–Crippen MR) is 187 cm³/mol. The van der Waals surface area contributed by atoms with E-state index in [4.69, 9.17) is 0 Å². The lowest BCUT2D eigenvalue weighted by molar-refractivity contribution is -0.114. The lowest BCUT2D eigenvalue weighted by Gasteiger charge is -2.36. The van der Waals surface area contributed by atoms with Gasteiger partial charge in [0.05, 0.1) is 5.69 Å². The average molecular weight is 584 g/mol. The zero-order chi connectivity index (χ0) is 30.0. The first-order valence-corrected chi connectivity index (χ1v) is 16.8. The fourth-order valence-electron chi connectivity index (χ4n) is 7.81. The number of carbonyl (C=O) groups excluding carboxylic acids is 1. The molecule has 1 heterocycles. The van der Waals surface area contributed by atoms with Crippen molar-refractivity contribution in [3.8, 4) is 0 Å². The number of hydrogen-bond acceptors (Lipinski definition) is 3. The number of nitrogens with one attached hydrogen (secondary N) is 1. The maximum atomic E-state index is 12.2. The number of piperazine rings is 1. The maximum absolute atomic E-state index is 12.2. The van der Waals surface area contributed by atoms with E-state index in [9.17, 15) is 4.79 Å². The molecule has 5 aromatic rings. The highest BCUT2D eigenvalue weighted by Crippen LogP contribution is 2.42. The summed E-state index contributed by atoms with van der Waals surface area (Å²) >= 11 is 0. The van der Waals surface area contributed by atoms with Crippen molar-refractivity contribution >= 4 is 49.6 Å². The van der Waals surface area contributed by atoms with E-state index in [-0.39, 0.29) is 5.91 Å². The van der Waals surface area contributed by atoms with Crippen LogP contribution in [0.4, 0.5) is 11.4 Å². The molecule has 1 aliphatic heterocycles. The van der Waals surface area contributed by atoms with Gasteiger partial charge >= 0.3 is 0 Å². The van der Waals surface area contributed by atoms with Gasteiger partial charge < -0.3 is 10.2 Å². The summed E-state index contributed by atoms with van der Waals surface area (Å²) in [5, 5.41) is 10.9. The monoisotopic (exact) mass is 583 g/mol. The second-order valence-electron chi connectivity index (χ2n) is 13.0. The van der Waals surface area contributed by atoms with Crippen molar-refractivity contribution in [2.24, 2.45) is 0 Å². The SMILES string of the molecule is CCCCCCN1CCN(c2ccc3c(ccc4c5c(ccc43)CC(c3ccc4ccccc4c3NC(C)=O)CC5)c2)CC1. The third-order valence-electron chi connectivity index (χ3n) is 10.2. The Bertz CT molecular complexity index is 1820. The fraction of sp³-hybridized carbons (Fsp3) is 0.375. The molecule has 0 bridgehead atoms. The summed E-state index contributed by atoms with van der Waals surface area (Å²) in [6.45, 7) is 9.71. The van der Waals surface area contributed by atoms with Crippen LogP contribution in [0.2, 0.25) is 0 Å². The summed E-state index contributed by atoms with van der Waals surface area (Å²) < 4.78 is 0. The summed E-state index contributed by atoms with van der Waals surface area (Å²) in [4.78, 5) is 17.4. The van der Waals surface area contributed by atoms with Crippen molar-refractivity contribution in [3.63, 3.8) is 0 Å². The molecule has 1 unspecified atom stereocenters. The summed E-state index contributed by atoms with van der Waals surface area (Å²) in [5.74, 6) is 0.367. The van der Waals surface area contributed by atoms with Crippen LogP contribution in [0.15, 0.2) is 78.9 Å². The molecule has 0 saturated carbocycles.